The van der Waals surface area contributed by atoms with Gasteiger partial charge in [0.2, 0.25) is 0 Å². The number of hydrogen-bond donors (Lipinski definition) is 3. The van der Waals surface area contributed by atoms with E-state index in [1.54, 1.807) is 12.1 Å². The first kappa shape index (κ1) is 13.3. The van der Waals surface area contributed by atoms with Crippen molar-refractivity contribution in [1.29, 1.82) is 0 Å². The normalized spacial score (nSPS) is 11.3. The molecule has 3 aromatic heterocycles. The number of imidazole rings is 1. The van der Waals surface area contributed by atoms with Crippen LogP contribution in [0, 0.1) is 0 Å². The Bertz CT molecular complexity index is 1240. The number of hydrogen-bond acceptors (Lipinski definition) is 4. The lowest BCUT2D eigenvalue weighted by molar-refractivity contribution is 0.832. The van der Waals surface area contributed by atoms with Crippen LogP contribution in [-0.2, 0) is 7.05 Å². The van der Waals surface area contributed by atoms with Gasteiger partial charge in [0.1, 0.15) is 11.3 Å². The predicted molar refractivity (Wildman–Crippen MR) is 85.5 cm³/mol. The molecule has 3 heterocycles. The van der Waals surface area contributed by atoms with Gasteiger partial charge in [-0.15, -0.1) is 0 Å². The van der Waals surface area contributed by atoms with Gasteiger partial charge in [-0.3, -0.25) is 19.1 Å². The van der Waals surface area contributed by atoms with Gasteiger partial charge < -0.3 is 9.97 Å². The highest BCUT2D eigenvalue weighted by Gasteiger charge is 2.14. The van der Waals surface area contributed by atoms with Crippen molar-refractivity contribution in [2.45, 2.75) is 0 Å². The summed E-state index contributed by atoms with van der Waals surface area (Å²) in [6, 6.07) is 9.04. The third kappa shape index (κ3) is 1.92. The van der Waals surface area contributed by atoms with Crippen LogP contribution in [0.4, 0.5) is 0 Å². The number of aryl methyl sites for hydroxylation is 1. The molecule has 0 fully saturated rings. The van der Waals surface area contributed by atoms with Crippen molar-refractivity contribution in [3.8, 4) is 11.4 Å². The molecule has 0 unspecified atom stereocenters. The molecule has 0 saturated carbocycles. The monoisotopic (exact) mass is 309 g/mol. The van der Waals surface area contributed by atoms with E-state index in [1.165, 1.54) is 11.6 Å². The summed E-state index contributed by atoms with van der Waals surface area (Å²) < 4.78 is 1.21. The van der Waals surface area contributed by atoms with Gasteiger partial charge in [-0.25, -0.2) is 9.78 Å². The highest BCUT2D eigenvalue weighted by atomic mass is 16.2. The van der Waals surface area contributed by atoms with Gasteiger partial charge in [-0.1, -0.05) is 18.2 Å². The Kier molecular flexibility index (Phi) is 2.61. The zero-order valence-corrected chi connectivity index (χ0v) is 12.0. The maximum atomic E-state index is 12.3. The summed E-state index contributed by atoms with van der Waals surface area (Å²) in [4.78, 5) is 47.8. The molecule has 0 radical (unpaired) electrons. The second kappa shape index (κ2) is 4.54. The van der Waals surface area contributed by atoms with Gasteiger partial charge in [-0.2, -0.15) is 0 Å². The quantitative estimate of drug-likeness (QED) is 0.473. The third-order valence-electron chi connectivity index (χ3n) is 3.76. The van der Waals surface area contributed by atoms with Gasteiger partial charge in [0, 0.05) is 12.6 Å². The first-order valence-corrected chi connectivity index (χ1v) is 6.86. The van der Waals surface area contributed by atoms with Crippen molar-refractivity contribution >= 4 is 22.1 Å². The Morgan fingerprint density at radius 1 is 1.00 bits per heavy atom. The molecule has 0 aliphatic carbocycles. The standard InChI is InChI=1S/C15H11N5O3/c1-20-12-10(14(22)19-15(20)23)17-11(18-12)8-6-7-4-2-3-5-9(7)16-13(8)21/h2-6H,1H3,(H,16,21)(H,17,18)(H,19,22,23). The van der Waals surface area contributed by atoms with Gasteiger partial charge in [0.05, 0.1) is 5.56 Å². The van der Waals surface area contributed by atoms with E-state index in [0.29, 0.717) is 11.1 Å². The fourth-order valence-electron chi connectivity index (χ4n) is 2.56. The van der Waals surface area contributed by atoms with Crippen LogP contribution in [0.15, 0.2) is 44.7 Å². The number of rotatable bonds is 1. The largest absolute Gasteiger partial charge is 0.332 e. The lowest BCUT2D eigenvalue weighted by atomic mass is 10.1. The number of nitrogens with zero attached hydrogens (tertiary/aromatic N) is 2. The Balaban J connectivity index is 2.07. The van der Waals surface area contributed by atoms with Crippen LogP contribution in [0.3, 0.4) is 0 Å². The summed E-state index contributed by atoms with van der Waals surface area (Å²) in [5, 5.41) is 0.838. The number of benzene rings is 1. The zero-order valence-electron chi connectivity index (χ0n) is 12.0. The van der Waals surface area contributed by atoms with Crippen molar-refractivity contribution in [3.63, 3.8) is 0 Å². The Morgan fingerprint density at radius 2 is 1.78 bits per heavy atom. The second-order valence-corrected chi connectivity index (χ2v) is 5.20. The molecule has 0 atom stereocenters. The summed E-state index contributed by atoms with van der Waals surface area (Å²) in [6.07, 6.45) is 0. The minimum atomic E-state index is -0.570. The van der Waals surface area contributed by atoms with E-state index >= 15 is 0 Å². The topological polar surface area (TPSA) is 116 Å². The molecule has 0 aliphatic heterocycles. The van der Waals surface area contributed by atoms with Crippen LogP contribution < -0.4 is 16.8 Å². The summed E-state index contributed by atoms with van der Waals surface area (Å²) in [5.41, 5.74) is -0.110. The third-order valence-corrected chi connectivity index (χ3v) is 3.76. The molecule has 4 aromatic rings. The van der Waals surface area contributed by atoms with E-state index in [1.807, 2.05) is 18.2 Å². The van der Waals surface area contributed by atoms with Crippen LogP contribution in [-0.4, -0.2) is 24.5 Å². The summed E-state index contributed by atoms with van der Waals surface area (Å²) in [6.45, 7) is 0. The van der Waals surface area contributed by atoms with Crippen molar-refractivity contribution in [2.24, 2.45) is 7.05 Å². The van der Waals surface area contributed by atoms with Crippen molar-refractivity contribution in [2.75, 3.05) is 0 Å². The van der Waals surface area contributed by atoms with E-state index < -0.39 is 11.2 Å². The van der Waals surface area contributed by atoms with Gasteiger partial charge in [-0.05, 0) is 17.5 Å². The number of fused-ring (bicyclic) bond motifs is 2. The first-order chi connectivity index (χ1) is 11.0. The minimum absolute atomic E-state index is 0.148. The van der Waals surface area contributed by atoms with Crippen molar-refractivity contribution in [1.82, 2.24) is 24.5 Å². The second-order valence-electron chi connectivity index (χ2n) is 5.20. The average molecular weight is 309 g/mol. The smallest absolute Gasteiger partial charge is 0.329 e. The van der Waals surface area contributed by atoms with Crippen molar-refractivity contribution in [3.05, 3.63) is 61.5 Å². The number of aromatic nitrogens is 5. The molecule has 4 rings (SSSR count). The maximum absolute atomic E-state index is 12.3. The fourth-order valence-corrected chi connectivity index (χ4v) is 2.56. The number of nitrogens with one attached hydrogen (secondary N) is 3. The summed E-state index contributed by atoms with van der Waals surface area (Å²) in [5.74, 6) is 0.235. The molecule has 23 heavy (non-hydrogen) atoms. The van der Waals surface area contributed by atoms with E-state index in [-0.39, 0.29) is 22.5 Å². The highest BCUT2D eigenvalue weighted by molar-refractivity contribution is 5.83. The van der Waals surface area contributed by atoms with E-state index in [9.17, 15) is 14.4 Å². The molecule has 0 amide bonds. The molecular weight excluding hydrogens is 298 g/mol. The molecule has 8 heteroatoms. The summed E-state index contributed by atoms with van der Waals surface area (Å²) in [7, 11) is 1.50. The number of aromatic amines is 3. The SMILES string of the molecule is Cn1c(=O)[nH]c(=O)c2[nH]c(-c3cc4ccccc4[nH]c3=O)nc21. The number of para-hydroxylation sites is 1. The molecular formula is C15H11N5O3. The van der Waals surface area contributed by atoms with Crippen molar-refractivity contribution < 1.29 is 0 Å². The molecule has 114 valence electrons. The molecule has 0 saturated heterocycles. The molecule has 1 aromatic carbocycles. The molecule has 8 nitrogen and oxygen atoms in total. The van der Waals surface area contributed by atoms with E-state index in [4.69, 9.17) is 0 Å². The molecule has 0 aliphatic rings. The maximum Gasteiger partial charge on any atom is 0.329 e. The predicted octanol–water partition coefficient (Wildman–Crippen LogP) is 0.458. The van der Waals surface area contributed by atoms with Gasteiger partial charge >= 0.3 is 5.69 Å². The Hall–Kier alpha value is -3.42. The molecule has 0 spiro atoms. The summed E-state index contributed by atoms with van der Waals surface area (Å²) >= 11 is 0. The van der Waals surface area contributed by atoms with Crippen LogP contribution >= 0.6 is 0 Å². The van der Waals surface area contributed by atoms with Crippen LogP contribution in [0.5, 0.6) is 0 Å². The van der Waals surface area contributed by atoms with Crippen LogP contribution in [0.1, 0.15) is 0 Å². The van der Waals surface area contributed by atoms with E-state index in [2.05, 4.69) is 19.9 Å². The van der Waals surface area contributed by atoms with Crippen LogP contribution in [0.2, 0.25) is 0 Å². The van der Waals surface area contributed by atoms with Crippen LogP contribution in [0.25, 0.3) is 33.5 Å². The lowest BCUT2D eigenvalue weighted by Gasteiger charge is -2.00. The average Bonchev–Trinajstić information content (AvgIpc) is 2.98. The first-order valence-electron chi connectivity index (χ1n) is 6.86. The zero-order chi connectivity index (χ0) is 16.1. The lowest BCUT2D eigenvalue weighted by Crippen LogP contribution is -2.28. The molecule has 3 N–H and O–H groups in total. The van der Waals surface area contributed by atoms with Gasteiger partial charge in [0.15, 0.2) is 5.65 Å². The number of H-pyrrole nitrogens is 3. The molecule has 0 bridgehead atoms. The fraction of sp³-hybridized carbons (Fsp3) is 0.0667. The van der Waals surface area contributed by atoms with E-state index in [0.717, 1.165) is 5.39 Å². The Labute approximate surface area is 127 Å². The minimum Gasteiger partial charge on any atom is -0.332 e. The van der Waals surface area contributed by atoms with Gasteiger partial charge in [0.25, 0.3) is 11.1 Å². The number of pyridine rings is 1. The Morgan fingerprint density at radius 3 is 2.61 bits per heavy atom. The highest BCUT2D eigenvalue weighted by Crippen LogP contribution is 2.18.